The fourth-order valence-electron chi connectivity index (χ4n) is 2.29. The van der Waals surface area contributed by atoms with Crippen molar-refractivity contribution in [2.45, 2.75) is 53.4 Å². The number of nitrogens with two attached hydrogens (primary N) is 1. The molecule has 0 bridgehead atoms. The van der Waals surface area contributed by atoms with Crippen molar-refractivity contribution in [3.63, 3.8) is 0 Å². The first-order valence-corrected chi connectivity index (χ1v) is 7.16. The van der Waals surface area contributed by atoms with Crippen molar-refractivity contribution in [1.82, 2.24) is 0 Å². The molecule has 0 aliphatic heterocycles. The van der Waals surface area contributed by atoms with Gasteiger partial charge in [-0.1, -0.05) is 23.8 Å². The van der Waals surface area contributed by atoms with Gasteiger partial charge in [0.2, 0.25) is 0 Å². The van der Waals surface area contributed by atoms with E-state index in [9.17, 15) is 0 Å². The molecule has 104 valence electrons. The second-order valence-electron chi connectivity index (χ2n) is 5.41. The summed E-state index contributed by atoms with van der Waals surface area (Å²) >= 11 is 0. The zero-order valence-electron chi connectivity index (χ0n) is 12.8. The van der Waals surface area contributed by atoms with Crippen molar-refractivity contribution < 1.29 is 0 Å². The van der Waals surface area contributed by atoms with Gasteiger partial charge in [0.25, 0.3) is 0 Å². The molecule has 1 rings (SSSR count). The smallest absolute Gasteiger partial charge is 0.00598 e. The minimum absolute atomic E-state index is 1.14. The van der Waals surface area contributed by atoms with Crippen LogP contribution in [0.1, 0.15) is 48.4 Å². The summed E-state index contributed by atoms with van der Waals surface area (Å²) in [7, 11) is 0. The van der Waals surface area contributed by atoms with E-state index in [1.165, 1.54) is 47.1 Å². The minimum atomic E-state index is 1.14. The van der Waals surface area contributed by atoms with Crippen LogP contribution < -0.4 is 5.73 Å². The molecule has 0 aliphatic carbocycles. The average molecular weight is 257 g/mol. The van der Waals surface area contributed by atoms with E-state index in [1.807, 2.05) is 6.08 Å². The molecular weight excluding hydrogens is 230 g/mol. The summed E-state index contributed by atoms with van der Waals surface area (Å²) in [4.78, 5) is 0. The van der Waals surface area contributed by atoms with Crippen LogP contribution in [0.4, 0.5) is 0 Å². The van der Waals surface area contributed by atoms with E-state index in [0.717, 1.165) is 6.42 Å². The molecule has 19 heavy (non-hydrogen) atoms. The molecule has 1 aromatic carbocycles. The highest BCUT2D eigenvalue weighted by Gasteiger charge is 2.00. The fraction of sp³-hybridized carbons (Fsp3) is 0.444. The summed E-state index contributed by atoms with van der Waals surface area (Å²) in [6, 6.07) is 4.67. The van der Waals surface area contributed by atoms with Gasteiger partial charge < -0.3 is 5.73 Å². The van der Waals surface area contributed by atoms with Crippen LogP contribution >= 0.6 is 0 Å². The van der Waals surface area contributed by atoms with Crippen molar-refractivity contribution in [1.29, 1.82) is 0 Å². The monoisotopic (exact) mass is 257 g/mol. The van der Waals surface area contributed by atoms with Gasteiger partial charge in [-0.2, -0.15) is 0 Å². The maximum absolute atomic E-state index is 5.35. The second kappa shape index (κ2) is 7.83. The molecule has 0 amide bonds. The lowest BCUT2D eigenvalue weighted by Gasteiger charge is -2.08. The molecule has 2 N–H and O–H groups in total. The number of unbranched alkanes of at least 4 members (excludes halogenated alkanes) is 2. The van der Waals surface area contributed by atoms with Crippen molar-refractivity contribution in [3.8, 4) is 0 Å². The molecular formula is C18H27N. The van der Waals surface area contributed by atoms with Gasteiger partial charge >= 0.3 is 0 Å². The Morgan fingerprint density at radius 3 is 2.32 bits per heavy atom. The third kappa shape index (κ3) is 5.34. The van der Waals surface area contributed by atoms with Crippen LogP contribution in [0.5, 0.6) is 0 Å². The zero-order chi connectivity index (χ0) is 14.3. The van der Waals surface area contributed by atoms with Crippen LogP contribution in [-0.2, 0) is 6.42 Å². The Kier molecular flexibility index (Phi) is 6.41. The standard InChI is InChI=1S/C18H27N/c1-14(10-11-19)8-6-5-7-9-18-12-15(2)17(4)16(3)13-18/h8,10-13H,5-7,9,19H2,1-4H3/b11-10-,14-8-. The summed E-state index contributed by atoms with van der Waals surface area (Å²) in [6.45, 7) is 8.71. The van der Waals surface area contributed by atoms with Crippen LogP contribution in [0, 0.1) is 20.8 Å². The number of rotatable bonds is 6. The Morgan fingerprint density at radius 2 is 1.74 bits per heavy atom. The van der Waals surface area contributed by atoms with Crippen LogP contribution in [-0.4, -0.2) is 0 Å². The number of allylic oxidation sites excluding steroid dienone is 3. The van der Waals surface area contributed by atoms with Crippen LogP contribution in [0.15, 0.2) is 36.1 Å². The van der Waals surface area contributed by atoms with Gasteiger partial charge in [-0.05, 0) is 87.9 Å². The topological polar surface area (TPSA) is 26.0 Å². The summed E-state index contributed by atoms with van der Waals surface area (Å²) in [5.41, 5.74) is 12.3. The zero-order valence-corrected chi connectivity index (χ0v) is 12.8. The third-order valence-electron chi connectivity index (χ3n) is 3.73. The Labute approximate surface area is 118 Å². The number of hydrogen-bond donors (Lipinski definition) is 1. The van der Waals surface area contributed by atoms with Crippen LogP contribution in [0.2, 0.25) is 0 Å². The third-order valence-corrected chi connectivity index (χ3v) is 3.73. The van der Waals surface area contributed by atoms with E-state index in [4.69, 9.17) is 5.73 Å². The second-order valence-corrected chi connectivity index (χ2v) is 5.41. The quantitative estimate of drug-likeness (QED) is 0.578. The molecule has 0 spiro atoms. The van der Waals surface area contributed by atoms with E-state index in [0.29, 0.717) is 0 Å². The molecule has 0 heterocycles. The highest BCUT2D eigenvalue weighted by atomic mass is 14.5. The largest absolute Gasteiger partial charge is 0.405 e. The Hall–Kier alpha value is -1.50. The molecule has 0 aliphatic rings. The Balaban J connectivity index is 2.40. The predicted molar refractivity (Wildman–Crippen MR) is 85.3 cm³/mol. The van der Waals surface area contributed by atoms with Gasteiger partial charge in [-0.25, -0.2) is 0 Å². The summed E-state index contributed by atoms with van der Waals surface area (Å²) in [5.74, 6) is 0. The van der Waals surface area contributed by atoms with Gasteiger partial charge in [-0.15, -0.1) is 0 Å². The van der Waals surface area contributed by atoms with Crippen LogP contribution in [0.3, 0.4) is 0 Å². The first-order valence-electron chi connectivity index (χ1n) is 7.16. The van der Waals surface area contributed by atoms with E-state index in [2.05, 4.69) is 45.9 Å². The highest BCUT2D eigenvalue weighted by Crippen LogP contribution is 2.17. The van der Waals surface area contributed by atoms with Gasteiger partial charge in [0.15, 0.2) is 0 Å². The Bertz CT molecular complexity index is 444. The molecule has 0 saturated carbocycles. The molecule has 0 unspecified atom stereocenters. The maximum atomic E-state index is 5.35. The lowest BCUT2D eigenvalue weighted by molar-refractivity contribution is 0.745. The number of benzene rings is 1. The van der Waals surface area contributed by atoms with Crippen molar-refractivity contribution in [2.75, 3.05) is 0 Å². The lowest BCUT2D eigenvalue weighted by Crippen LogP contribution is -1.92. The van der Waals surface area contributed by atoms with Crippen molar-refractivity contribution in [3.05, 3.63) is 58.3 Å². The molecule has 1 heteroatoms. The molecule has 0 aromatic heterocycles. The number of hydrogen-bond acceptors (Lipinski definition) is 1. The van der Waals surface area contributed by atoms with Crippen LogP contribution in [0.25, 0.3) is 0 Å². The first kappa shape index (κ1) is 15.6. The fourth-order valence-corrected chi connectivity index (χ4v) is 2.29. The molecule has 1 aromatic rings. The molecule has 0 fully saturated rings. The first-order chi connectivity index (χ1) is 9.04. The van der Waals surface area contributed by atoms with Gasteiger partial charge in [-0.3, -0.25) is 0 Å². The Morgan fingerprint density at radius 1 is 1.11 bits per heavy atom. The van der Waals surface area contributed by atoms with E-state index in [1.54, 1.807) is 6.20 Å². The summed E-state index contributed by atoms with van der Waals surface area (Å²) < 4.78 is 0. The van der Waals surface area contributed by atoms with E-state index < -0.39 is 0 Å². The molecule has 1 nitrogen and oxygen atoms in total. The lowest BCUT2D eigenvalue weighted by atomic mass is 9.97. The predicted octanol–water partition coefficient (Wildman–Crippen LogP) is 4.74. The molecule has 0 radical (unpaired) electrons. The van der Waals surface area contributed by atoms with E-state index >= 15 is 0 Å². The van der Waals surface area contributed by atoms with Gasteiger partial charge in [0.05, 0.1) is 0 Å². The minimum Gasteiger partial charge on any atom is -0.405 e. The SMILES string of the molecule is CC(/C=C\N)=C/CCCCc1cc(C)c(C)c(C)c1. The van der Waals surface area contributed by atoms with E-state index in [-0.39, 0.29) is 0 Å². The van der Waals surface area contributed by atoms with Crippen molar-refractivity contribution >= 4 is 0 Å². The van der Waals surface area contributed by atoms with Crippen molar-refractivity contribution in [2.24, 2.45) is 5.73 Å². The highest BCUT2D eigenvalue weighted by molar-refractivity contribution is 5.36. The van der Waals surface area contributed by atoms with Gasteiger partial charge in [0.1, 0.15) is 0 Å². The average Bonchev–Trinajstić information content (AvgIpc) is 2.35. The maximum Gasteiger partial charge on any atom is -0.00598 e. The summed E-state index contributed by atoms with van der Waals surface area (Å²) in [5, 5.41) is 0. The number of aryl methyl sites for hydroxylation is 3. The molecule has 0 saturated heterocycles. The van der Waals surface area contributed by atoms with Gasteiger partial charge in [0, 0.05) is 0 Å². The normalized spacial score (nSPS) is 12.3. The molecule has 0 atom stereocenters. The summed E-state index contributed by atoms with van der Waals surface area (Å²) in [6.07, 6.45) is 10.6.